The lowest BCUT2D eigenvalue weighted by atomic mass is 10.2. The van der Waals surface area contributed by atoms with Crippen LogP contribution in [0.4, 0.5) is 5.82 Å². The number of aromatic nitrogens is 3. The van der Waals surface area contributed by atoms with E-state index in [0.29, 0.717) is 37.0 Å². The fraction of sp³-hybridized carbons (Fsp3) is 0.250. The van der Waals surface area contributed by atoms with Gasteiger partial charge in [-0.05, 0) is 42.5 Å². The predicted molar refractivity (Wildman–Crippen MR) is 114 cm³/mol. The van der Waals surface area contributed by atoms with Crippen molar-refractivity contribution in [3.63, 3.8) is 0 Å². The summed E-state index contributed by atoms with van der Waals surface area (Å²) in [6, 6.07) is 12.1. The van der Waals surface area contributed by atoms with Crippen molar-refractivity contribution in [1.82, 2.24) is 19.5 Å². The Morgan fingerprint density at radius 3 is 2.47 bits per heavy atom. The molecule has 2 aromatic heterocycles. The number of nitrogens with zero attached hydrogens (tertiary/aromatic N) is 5. The lowest BCUT2D eigenvalue weighted by Gasteiger charge is -2.34. The fourth-order valence-corrected chi connectivity index (χ4v) is 5.15. The van der Waals surface area contributed by atoms with Crippen LogP contribution in [0.5, 0.6) is 5.75 Å². The molecule has 0 unspecified atom stereocenters. The molecule has 30 heavy (non-hydrogen) atoms. The van der Waals surface area contributed by atoms with Crippen LogP contribution in [0.3, 0.4) is 0 Å². The largest absolute Gasteiger partial charge is 0.495 e. The second-order valence-electron chi connectivity index (χ2n) is 6.70. The first-order valence-electron chi connectivity index (χ1n) is 9.32. The molecule has 1 fully saturated rings. The first kappa shape index (κ1) is 20.5. The Morgan fingerprint density at radius 1 is 1.03 bits per heavy atom. The van der Waals surface area contributed by atoms with Gasteiger partial charge in [-0.15, -0.1) is 10.2 Å². The molecule has 156 valence electrons. The van der Waals surface area contributed by atoms with Gasteiger partial charge in [-0.3, -0.25) is 4.98 Å². The Bertz CT molecular complexity index is 1120. The number of sulfonamides is 1. The number of pyridine rings is 1. The molecule has 0 amide bonds. The second-order valence-corrected chi connectivity index (χ2v) is 9.05. The first-order valence-corrected chi connectivity index (χ1v) is 11.1. The third-order valence-corrected chi connectivity index (χ3v) is 7.07. The Hall–Kier alpha value is -2.75. The van der Waals surface area contributed by atoms with Gasteiger partial charge in [0.25, 0.3) is 0 Å². The van der Waals surface area contributed by atoms with Crippen molar-refractivity contribution < 1.29 is 13.2 Å². The highest BCUT2D eigenvalue weighted by atomic mass is 35.5. The van der Waals surface area contributed by atoms with Gasteiger partial charge in [0, 0.05) is 49.2 Å². The van der Waals surface area contributed by atoms with E-state index in [1.165, 1.54) is 17.5 Å². The number of benzene rings is 1. The zero-order valence-electron chi connectivity index (χ0n) is 16.3. The first-order chi connectivity index (χ1) is 14.5. The third-order valence-electron chi connectivity index (χ3n) is 4.91. The number of methoxy groups -OCH3 is 1. The van der Waals surface area contributed by atoms with Crippen LogP contribution in [-0.4, -0.2) is 61.2 Å². The fourth-order valence-electron chi connectivity index (χ4n) is 3.31. The Kier molecular flexibility index (Phi) is 5.85. The van der Waals surface area contributed by atoms with Crippen LogP contribution in [0.1, 0.15) is 0 Å². The van der Waals surface area contributed by atoms with E-state index >= 15 is 0 Å². The quantitative estimate of drug-likeness (QED) is 0.596. The van der Waals surface area contributed by atoms with Crippen molar-refractivity contribution in [3.8, 4) is 17.0 Å². The second kappa shape index (κ2) is 8.55. The number of halogens is 1. The summed E-state index contributed by atoms with van der Waals surface area (Å²) < 4.78 is 32.9. The summed E-state index contributed by atoms with van der Waals surface area (Å²) >= 11 is 6.01. The maximum Gasteiger partial charge on any atom is 0.246 e. The highest BCUT2D eigenvalue weighted by molar-refractivity contribution is 7.89. The molecule has 4 rings (SSSR count). The smallest absolute Gasteiger partial charge is 0.246 e. The average Bonchev–Trinajstić information content (AvgIpc) is 2.80. The molecule has 3 heterocycles. The number of piperazine rings is 1. The SMILES string of the molecule is COc1ccc(Cl)cc1S(=O)(=O)N1CCN(c2ccc(-c3cccnc3)nn2)CC1. The molecular formula is C20H20ClN5O3S. The predicted octanol–water partition coefficient (Wildman–Crippen LogP) is 2.71. The van der Waals surface area contributed by atoms with E-state index in [2.05, 4.69) is 15.2 Å². The molecule has 1 aliphatic heterocycles. The van der Waals surface area contributed by atoms with Crippen LogP contribution in [0, 0.1) is 0 Å². The highest BCUT2D eigenvalue weighted by Gasteiger charge is 2.31. The van der Waals surface area contributed by atoms with Gasteiger partial charge in [-0.2, -0.15) is 4.31 Å². The average molecular weight is 446 g/mol. The van der Waals surface area contributed by atoms with Gasteiger partial charge in [-0.1, -0.05) is 11.6 Å². The Morgan fingerprint density at radius 2 is 1.83 bits per heavy atom. The summed E-state index contributed by atoms with van der Waals surface area (Å²) in [5.41, 5.74) is 1.63. The molecule has 0 radical (unpaired) electrons. The van der Waals surface area contributed by atoms with Crippen molar-refractivity contribution in [2.45, 2.75) is 4.90 Å². The molecule has 0 spiro atoms. The van der Waals surface area contributed by atoms with Crippen LogP contribution >= 0.6 is 11.6 Å². The van der Waals surface area contributed by atoms with Gasteiger partial charge in [0.2, 0.25) is 10.0 Å². The van der Waals surface area contributed by atoms with E-state index in [1.807, 2.05) is 29.2 Å². The molecular weight excluding hydrogens is 426 g/mol. The zero-order valence-corrected chi connectivity index (χ0v) is 17.8. The van der Waals surface area contributed by atoms with E-state index < -0.39 is 10.0 Å². The summed E-state index contributed by atoms with van der Waals surface area (Å²) in [6.07, 6.45) is 3.44. The number of anilines is 1. The standard InChI is InChI=1S/C20H20ClN5O3S/c1-29-18-6-4-16(21)13-19(18)30(27,28)26-11-9-25(10-12-26)20-7-5-17(23-24-20)15-3-2-8-22-14-15/h2-8,13-14H,9-12H2,1H3. The van der Waals surface area contributed by atoms with Crippen LogP contribution in [0.15, 0.2) is 59.8 Å². The monoisotopic (exact) mass is 445 g/mol. The Balaban J connectivity index is 1.47. The molecule has 0 bridgehead atoms. The van der Waals surface area contributed by atoms with Gasteiger partial charge in [0.1, 0.15) is 10.6 Å². The lowest BCUT2D eigenvalue weighted by Crippen LogP contribution is -2.49. The lowest BCUT2D eigenvalue weighted by molar-refractivity contribution is 0.373. The molecule has 1 saturated heterocycles. The van der Waals surface area contributed by atoms with Crippen LogP contribution in [0.2, 0.25) is 5.02 Å². The Labute approximate surface area is 180 Å². The summed E-state index contributed by atoms with van der Waals surface area (Å²) in [6.45, 7) is 1.65. The molecule has 0 N–H and O–H groups in total. The van der Waals surface area contributed by atoms with Crippen LogP contribution in [0.25, 0.3) is 11.3 Å². The van der Waals surface area contributed by atoms with E-state index in [0.717, 1.165) is 11.3 Å². The van der Waals surface area contributed by atoms with Gasteiger partial charge >= 0.3 is 0 Å². The minimum atomic E-state index is -3.72. The van der Waals surface area contributed by atoms with Crippen molar-refractivity contribution in [2.75, 3.05) is 38.2 Å². The van der Waals surface area contributed by atoms with E-state index in [9.17, 15) is 8.42 Å². The minimum Gasteiger partial charge on any atom is -0.495 e. The van der Waals surface area contributed by atoms with Crippen molar-refractivity contribution >= 4 is 27.4 Å². The van der Waals surface area contributed by atoms with E-state index in [4.69, 9.17) is 16.3 Å². The number of hydrogen-bond donors (Lipinski definition) is 0. The van der Waals surface area contributed by atoms with Gasteiger partial charge in [0.05, 0.1) is 12.8 Å². The van der Waals surface area contributed by atoms with Crippen molar-refractivity contribution in [3.05, 3.63) is 59.9 Å². The van der Waals surface area contributed by atoms with Gasteiger partial charge in [0.15, 0.2) is 5.82 Å². The van der Waals surface area contributed by atoms with Crippen LogP contribution < -0.4 is 9.64 Å². The zero-order chi connectivity index (χ0) is 21.1. The molecule has 1 aromatic carbocycles. The van der Waals surface area contributed by atoms with Crippen LogP contribution in [-0.2, 0) is 10.0 Å². The third kappa shape index (κ3) is 4.09. The maximum atomic E-state index is 13.1. The summed E-state index contributed by atoms with van der Waals surface area (Å²) in [7, 11) is -2.28. The molecule has 0 atom stereocenters. The molecule has 0 saturated carbocycles. The number of ether oxygens (including phenoxy) is 1. The molecule has 3 aromatic rings. The van der Waals surface area contributed by atoms with Gasteiger partial charge < -0.3 is 9.64 Å². The highest BCUT2D eigenvalue weighted by Crippen LogP contribution is 2.30. The summed E-state index contributed by atoms with van der Waals surface area (Å²) in [4.78, 5) is 6.18. The number of rotatable bonds is 5. The topological polar surface area (TPSA) is 88.5 Å². The van der Waals surface area contributed by atoms with Crippen molar-refractivity contribution in [1.29, 1.82) is 0 Å². The van der Waals surface area contributed by atoms with Gasteiger partial charge in [-0.25, -0.2) is 8.42 Å². The summed E-state index contributed by atoms with van der Waals surface area (Å²) in [5.74, 6) is 0.985. The van der Waals surface area contributed by atoms with E-state index in [1.54, 1.807) is 24.5 Å². The minimum absolute atomic E-state index is 0.0755. The normalized spacial score (nSPS) is 15.2. The maximum absolute atomic E-state index is 13.1. The molecule has 0 aliphatic carbocycles. The van der Waals surface area contributed by atoms with E-state index in [-0.39, 0.29) is 10.6 Å². The molecule has 8 nitrogen and oxygen atoms in total. The molecule has 10 heteroatoms. The summed E-state index contributed by atoms with van der Waals surface area (Å²) in [5, 5.41) is 8.93. The van der Waals surface area contributed by atoms with Crippen molar-refractivity contribution in [2.24, 2.45) is 0 Å². The molecule has 1 aliphatic rings. The number of hydrogen-bond acceptors (Lipinski definition) is 7.